The number of benzene rings is 1. The largest absolute Gasteiger partial charge is 0.487 e. The van der Waals surface area contributed by atoms with Gasteiger partial charge >= 0.3 is 0 Å². The van der Waals surface area contributed by atoms with E-state index < -0.39 is 6.10 Å². The van der Waals surface area contributed by atoms with Gasteiger partial charge in [0.25, 0.3) is 0 Å². The van der Waals surface area contributed by atoms with Crippen molar-refractivity contribution in [1.29, 1.82) is 0 Å². The van der Waals surface area contributed by atoms with Crippen LogP contribution in [-0.2, 0) is 6.54 Å². The second-order valence-electron chi connectivity index (χ2n) is 9.63. The number of aliphatic hydroxyl groups excluding tert-OH is 2. The van der Waals surface area contributed by atoms with Crippen molar-refractivity contribution in [1.82, 2.24) is 24.5 Å². The van der Waals surface area contributed by atoms with Gasteiger partial charge in [-0.1, -0.05) is 12.1 Å². The van der Waals surface area contributed by atoms with E-state index in [4.69, 9.17) is 14.9 Å². The van der Waals surface area contributed by atoms with E-state index in [2.05, 4.69) is 20.1 Å². The number of rotatable bonds is 9. The highest BCUT2D eigenvalue weighted by Crippen LogP contribution is 2.37. The lowest BCUT2D eigenvalue weighted by Crippen LogP contribution is -2.26. The van der Waals surface area contributed by atoms with E-state index in [0.717, 1.165) is 60.2 Å². The number of pyridine rings is 1. The molecule has 3 heterocycles. The van der Waals surface area contributed by atoms with Crippen molar-refractivity contribution in [2.24, 2.45) is 0 Å². The van der Waals surface area contributed by atoms with Crippen LogP contribution in [0.4, 0.5) is 10.2 Å². The highest BCUT2D eigenvalue weighted by atomic mass is 19.1. The Balaban J connectivity index is 1.40. The summed E-state index contributed by atoms with van der Waals surface area (Å²) in [4.78, 5) is 4.56. The summed E-state index contributed by atoms with van der Waals surface area (Å²) in [7, 11) is 0. The number of nitrogens with zero attached hydrogens (tertiary/aromatic N) is 5. The smallest absolute Gasteiger partial charge is 0.167 e. The minimum Gasteiger partial charge on any atom is -0.487 e. The fourth-order valence-corrected chi connectivity index (χ4v) is 4.96. The molecule has 0 aliphatic heterocycles. The lowest BCUT2D eigenvalue weighted by Gasteiger charge is -2.29. The number of nitrogens with one attached hydrogen (secondary N) is 1. The molecule has 3 aromatic heterocycles. The monoisotopic (exact) mass is 508 g/mol. The quantitative estimate of drug-likeness (QED) is 0.312. The molecule has 4 aromatic rings. The molecule has 1 saturated carbocycles. The van der Waals surface area contributed by atoms with E-state index in [9.17, 15) is 9.50 Å². The number of hydrogen-bond acceptors (Lipinski definition) is 7. The molecule has 1 aliphatic carbocycles. The van der Waals surface area contributed by atoms with Gasteiger partial charge in [0.15, 0.2) is 11.6 Å². The number of aryl methyl sites for hydroxylation is 1. The maximum atomic E-state index is 14.4. The molecule has 196 valence electrons. The van der Waals surface area contributed by atoms with Crippen molar-refractivity contribution in [3.8, 4) is 17.0 Å². The van der Waals surface area contributed by atoms with Crippen LogP contribution in [0.5, 0.6) is 5.75 Å². The van der Waals surface area contributed by atoms with Crippen molar-refractivity contribution in [2.75, 3.05) is 18.5 Å². The molecule has 1 unspecified atom stereocenters. The molecule has 5 rings (SSSR count). The van der Waals surface area contributed by atoms with Gasteiger partial charge < -0.3 is 20.3 Å². The molecule has 0 saturated heterocycles. The van der Waals surface area contributed by atoms with E-state index in [-0.39, 0.29) is 31.1 Å². The van der Waals surface area contributed by atoms with E-state index >= 15 is 0 Å². The summed E-state index contributed by atoms with van der Waals surface area (Å²) in [5.74, 6) is 0.819. The maximum absolute atomic E-state index is 14.4. The zero-order valence-electron chi connectivity index (χ0n) is 21.1. The molecule has 0 spiro atoms. The van der Waals surface area contributed by atoms with Gasteiger partial charge in [0.1, 0.15) is 11.5 Å². The first kappa shape index (κ1) is 25.2. The van der Waals surface area contributed by atoms with Gasteiger partial charge in [0.05, 0.1) is 43.1 Å². The third-order valence-electron chi connectivity index (χ3n) is 6.90. The Morgan fingerprint density at radius 2 is 2.03 bits per heavy atom. The Morgan fingerprint density at radius 3 is 2.78 bits per heavy atom. The summed E-state index contributed by atoms with van der Waals surface area (Å²) in [5.41, 5.74) is 3.16. The number of hydrogen-bond donors (Lipinski definition) is 3. The standard InChI is InChI=1S/C27H33FN6O3/c1-3-29-25-11-23-22(13-30-25)27(18-12-31-33(14-18)15-20(36)16-35)32-34(23)19-7-9-21(10-8-19)37-24-6-4-5-17(2)26(24)28/h4-6,11-14,19-21,35-36H,3,7-10,15-16H2,1-2H3,(H,29,30). The molecule has 3 N–H and O–H groups in total. The Kier molecular flexibility index (Phi) is 7.38. The van der Waals surface area contributed by atoms with Crippen LogP contribution in [0.15, 0.2) is 42.9 Å². The molecular weight excluding hydrogens is 475 g/mol. The molecule has 9 nitrogen and oxygen atoms in total. The lowest BCUT2D eigenvalue weighted by molar-refractivity contribution is 0.0783. The first-order valence-electron chi connectivity index (χ1n) is 12.8. The third kappa shape index (κ3) is 5.30. The minimum absolute atomic E-state index is 0.0379. The number of halogens is 1. The van der Waals surface area contributed by atoms with Gasteiger partial charge in [-0.15, -0.1) is 0 Å². The minimum atomic E-state index is -0.878. The topological polar surface area (TPSA) is 110 Å². The van der Waals surface area contributed by atoms with E-state index in [1.807, 2.05) is 31.5 Å². The highest BCUT2D eigenvalue weighted by Gasteiger charge is 2.27. The van der Waals surface area contributed by atoms with Gasteiger partial charge in [-0.3, -0.25) is 9.36 Å². The molecule has 0 amide bonds. The van der Waals surface area contributed by atoms with Crippen molar-refractivity contribution in [2.45, 2.75) is 64.3 Å². The highest BCUT2D eigenvalue weighted by molar-refractivity contribution is 5.93. The molecule has 1 fully saturated rings. The van der Waals surface area contributed by atoms with Crippen LogP contribution in [-0.4, -0.2) is 60.1 Å². The van der Waals surface area contributed by atoms with Crippen LogP contribution in [0.2, 0.25) is 0 Å². The number of aliphatic hydroxyl groups is 2. The van der Waals surface area contributed by atoms with E-state index in [0.29, 0.717) is 11.3 Å². The summed E-state index contributed by atoms with van der Waals surface area (Å²) in [5, 5.41) is 32.5. The van der Waals surface area contributed by atoms with Gasteiger partial charge in [0.2, 0.25) is 0 Å². The molecule has 37 heavy (non-hydrogen) atoms. The van der Waals surface area contributed by atoms with Crippen molar-refractivity contribution >= 4 is 16.7 Å². The van der Waals surface area contributed by atoms with Crippen molar-refractivity contribution < 1.29 is 19.3 Å². The number of aromatic nitrogens is 5. The molecule has 0 radical (unpaired) electrons. The van der Waals surface area contributed by atoms with Crippen LogP contribution in [0.1, 0.15) is 44.2 Å². The second-order valence-corrected chi connectivity index (χ2v) is 9.63. The van der Waals surface area contributed by atoms with Crippen LogP contribution < -0.4 is 10.1 Å². The van der Waals surface area contributed by atoms with Crippen LogP contribution in [0.25, 0.3) is 22.2 Å². The number of anilines is 1. The van der Waals surface area contributed by atoms with Gasteiger partial charge in [-0.2, -0.15) is 10.2 Å². The maximum Gasteiger partial charge on any atom is 0.167 e. The van der Waals surface area contributed by atoms with Crippen LogP contribution in [0.3, 0.4) is 0 Å². The molecule has 10 heteroatoms. The molecule has 1 aliphatic rings. The average Bonchev–Trinajstić information content (AvgIpc) is 3.52. The van der Waals surface area contributed by atoms with Gasteiger partial charge in [-0.05, 0) is 51.2 Å². The molecule has 1 atom stereocenters. The summed E-state index contributed by atoms with van der Waals surface area (Å²) < 4.78 is 24.2. The predicted octanol–water partition coefficient (Wildman–Crippen LogP) is 4.09. The second kappa shape index (κ2) is 10.9. The summed E-state index contributed by atoms with van der Waals surface area (Å²) in [6, 6.07) is 7.45. The molecule has 1 aromatic carbocycles. The Bertz CT molecular complexity index is 1360. The van der Waals surface area contributed by atoms with Crippen LogP contribution in [0, 0.1) is 12.7 Å². The Hall–Kier alpha value is -3.50. The van der Waals surface area contributed by atoms with Crippen molar-refractivity contribution in [3.63, 3.8) is 0 Å². The van der Waals surface area contributed by atoms with E-state index in [1.54, 1.807) is 29.9 Å². The summed E-state index contributed by atoms with van der Waals surface area (Å²) in [6.07, 6.45) is 7.78. The fourth-order valence-electron chi connectivity index (χ4n) is 4.96. The molecular formula is C27H33FN6O3. The molecule has 0 bridgehead atoms. The summed E-state index contributed by atoms with van der Waals surface area (Å²) in [6.45, 7) is 4.41. The number of fused-ring (bicyclic) bond motifs is 1. The summed E-state index contributed by atoms with van der Waals surface area (Å²) >= 11 is 0. The first-order chi connectivity index (χ1) is 18.0. The lowest BCUT2D eigenvalue weighted by atomic mass is 9.93. The SMILES string of the molecule is CCNc1cc2c(cn1)c(-c1cnn(CC(O)CO)c1)nn2C1CCC(Oc2cccc(C)c2F)CC1. The zero-order valence-corrected chi connectivity index (χ0v) is 21.1. The van der Waals surface area contributed by atoms with Crippen LogP contribution >= 0.6 is 0 Å². The fraction of sp³-hybridized carbons (Fsp3) is 0.444. The van der Waals surface area contributed by atoms with Gasteiger partial charge in [-0.25, -0.2) is 9.37 Å². The van der Waals surface area contributed by atoms with Gasteiger partial charge in [0, 0.05) is 36.0 Å². The normalized spacial score (nSPS) is 18.7. The van der Waals surface area contributed by atoms with Crippen molar-refractivity contribution in [3.05, 3.63) is 54.2 Å². The Morgan fingerprint density at radius 1 is 1.22 bits per heavy atom. The third-order valence-corrected chi connectivity index (χ3v) is 6.90. The van der Waals surface area contributed by atoms with E-state index in [1.165, 1.54) is 0 Å². The number of ether oxygens (including phenoxy) is 1. The first-order valence-corrected chi connectivity index (χ1v) is 12.8. The Labute approximate surface area is 214 Å². The zero-order chi connectivity index (χ0) is 25.9. The average molecular weight is 509 g/mol. The predicted molar refractivity (Wildman–Crippen MR) is 139 cm³/mol.